The summed E-state index contributed by atoms with van der Waals surface area (Å²) in [5.74, 6) is 0.376. The maximum atomic E-state index is 12.7. The number of fused-ring (bicyclic) bond motifs is 1. The van der Waals surface area contributed by atoms with E-state index in [1.54, 1.807) is 30.5 Å². The van der Waals surface area contributed by atoms with Crippen LogP contribution < -0.4 is 10.5 Å². The zero-order valence-corrected chi connectivity index (χ0v) is 16.3. The summed E-state index contributed by atoms with van der Waals surface area (Å²) in [6.07, 6.45) is 1.63. The molecule has 0 aliphatic heterocycles. The average Bonchev–Trinajstić information content (AvgIpc) is 3.08. The average molecular weight is 425 g/mol. The molecule has 0 atom stereocenters. The highest BCUT2D eigenvalue weighted by molar-refractivity contribution is 7.92. The molecule has 10 heteroatoms. The molecule has 0 bridgehead atoms. The molecule has 0 saturated carbocycles. The van der Waals surface area contributed by atoms with Crippen LogP contribution in [0.5, 0.6) is 0 Å². The van der Waals surface area contributed by atoms with Crippen molar-refractivity contribution in [1.82, 2.24) is 15.2 Å². The number of aromatic nitrogens is 3. The van der Waals surface area contributed by atoms with Crippen LogP contribution in [0.15, 0.2) is 59.6 Å². The molecule has 4 aromatic rings. The van der Waals surface area contributed by atoms with Crippen LogP contribution >= 0.6 is 11.6 Å². The largest absolute Gasteiger partial charge is 0.382 e. The van der Waals surface area contributed by atoms with Crippen molar-refractivity contribution in [3.05, 3.63) is 65.3 Å². The molecular weight excluding hydrogens is 412 g/mol. The molecule has 29 heavy (non-hydrogen) atoms. The number of hydrogen-bond acceptors (Lipinski definition) is 6. The van der Waals surface area contributed by atoms with Crippen LogP contribution in [0.25, 0.3) is 22.2 Å². The van der Waals surface area contributed by atoms with Crippen molar-refractivity contribution in [2.75, 3.05) is 10.5 Å². The van der Waals surface area contributed by atoms with Crippen molar-refractivity contribution < 1.29 is 8.42 Å². The Balaban J connectivity index is 1.62. The zero-order chi connectivity index (χ0) is 20.6. The Bertz CT molecular complexity index is 1370. The minimum Gasteiger partial charge on any atom is -0.382 e. The molecule has 0 fully saturated rings. The van der Waals surface area contributed by atoms with Gasteiger partial charge in [0.15, 0.2) is 5.82 Å². The molecule has 0 amide bonds. The molecular formula is C19H13ClN6O2S. The molecule has 4 rings (SSSR count). The monoisotopic (exact) mass is 424 g/mol. The maximum absolute atomic E-state index is 12.7. The van der Waals surface area contributed by atoms with Crippen molar-refractivity contribution >= 4 is 44.0 Å². The molecule has 0 spiro atoms. The first kappa shape index (κ1) is 18.7. The van der Waals surface area contributed by atoms with Gasteiger partial charge in [0.2, 0.25) is 0 Å². The molecule has 0 unspecified atom stereocenters. The second-order valence-electron chi connectivity index (χ2n) is 6.16. The first-order chi connectivity index (χ1) is 13.9. The van der Waals surface area contributed by atoms with E-state index in [-0.39, 0.29) is 15.5 Å². The highest BCUT2D eigenvalue weighted by atomic mass is 35.5. The van der Waals surface area contributed by atoms with E-state index in [2.05, 4.69) is 19.9 Å². The Hall–Kier alpha value is -3.61. The van der Waals surface area contributed by atoms with Gasteiger partial charge in [-0.1, -0.05) is 23.7 Å². The predicted octanol–water partition coefficient (Wildman–Crippen LogP) is 3.53. The van der Waals surface area contributed by atoms with Gasteiger partial charge in [0.1, 0.15) is 11.0 Å². The van der Waals surface area contributed by atoms with Gasteiger partial charge in [-0.3, -0.25) is 14.8 Å². The lowest BCUT2D eigenvalue weighted by atomic mass is 10.1. The van der Waals surface area contributed by atoms with Crippen LogP contribution in [0.4, 0.5) is 11.5 Å². The lowest BCUT2D eigenvalue weighted by Gasteiger charge is -2.10. The van der Waals surface area contributed by atoms with Gasteiger partial charge in [0.25, 0.3) is 10.0 Å². The number of nitriles is 1. The summed E-state index contributed by atoms with van der Waals surface area (Å²) in [6.45, 7) is 0. The Morgan fingerprint density at radius 1 is 1.14 bits per heavy atom. The Kier molecular flexibility index (Phi) is 4.58. The first-order valence-electron chi connectivity index (χ1n) is 8.30. The summed E-state index contributed by atoms with van der Waals surface area (Å²) in [4.78, 5) is 4.18. The van der Waals surface area contributed by atoms with Crippen LogP contribution in [0, 0.1) is 11.3 Å². The van der Waals surface area contributed by atoms with E-state index in [9.17, 15) is 13.7 Å². The van der Waals surface area contributed by atoms with Crippen molar-refractivity contribution in [2.45, 2.75) is 4.90 Å². The van der Waals surface area contributed by atoms with Gasteiger partial charge in [0.05, 0.1) is 22.2 Å². The van der Waals surface area contributed by atoms with Crippen LogP contribution in [0.2, 0.25) is 5.02 Å². The van der Waals surface area contributed by atoms with Gasteiger partial charge >= 0.3 is 0 Å². The summed E-state index contributed by atoms with van der Waals surface area (Å²) < 4.78 is 27.8. The molecule has 0 aliphatic rings. The van der Waals surface area contributed by atoms with E-state index >= 15 is 0 Å². The quantitative estimate of drug-likeness (QED) is 0.458. The number of nitrogens with two attached hydrogens (primary N) is 1. The third-order valence-electron chi connectivity index (χ3n) is 4.26. The molecule has 2 aromatic carbocycles. The molecule has 2 aromatic heterocycles. The molecule has 144 valence electrons. The van der Waals surface area contributed by atoms with Crippen molar-refractivity contribution in [3.63, 3.8) is 0 Å². The van der Waals surface area contributed by atoms with E-state index in [0.717, 1.165) is 16.5 Å². The lowest BCUT2D eigenvalue weighted by molar-refractivity contribution is 0.601. The van der Waals surface area contributed by atoms with Crippen LogP contribution in [-0.4, -0.2) is 23.6 Å². The summed E-state index contributed by atoms with van der Waals surface area (Å²) in [6, 6.07) is 14.4. The smallest absolute Gasteiger partial charge is 0.263 e. The summed E-state index contributed by atoms with van der Waals surface area (Å²) in [5, 5.41) is 16.9. The Morgan fingerprint density at radius 3 is 2.62 bits per heavy atom. The molecule has 8 nitrogen and oxygen atoms in total. The van der Waals surface area contributed by atoms with Gasteiger partial charge in [-0.05, 0) is 36.4 Å². The van der Waals surface area contributed by atoms with Crippen molar-refractivity contribution in [3.8, 4) is 17.3 Å². The normalized spacial score (nSPS) is 11.3. The number of nitrogen functional groups attached to an aromatic ring is 1. The SMILES string of the molecule is N#Cc1ccc(Cl)cc1S(=O)(=O)Nc1ccc(-c2cc3[nH]nc(N)c3cn2)cc1. The Labute approximate surface area is 171 Å². The molecule has 4 N–H and O–H groups in total. The van der Waals surface area contributed by atoms with Gasteiger partial charge in [-0.2, -0.15) is 10.4 Å². The topological polar surface area (TPSA) is 138 Å². The minimum absolute atomic E-state index is 0.00912. The maximum Gasteiger partial charge on any atom is 0.263 e. The van der Waals surface area contributed by atoms with Crippen LogP contribution in [-0.2, 0) is 10.0 Å². The lowest BCUT2D eigenvalue weighted by Crippen LogP contribution is -2.14. The number of halogens is 1. The molecule has 0 aliphatic carbocycles. The number of anilines is 2. The van der Waals surface area contributed by atoms with Crippen LogP contribution in [0.1, 0.15) is 5.56 Å². The summed E-state index contributed by atoms with van der Waals surface area (Å²) in [7, 11) is -3.98. The third kappa shape index (κ3) is 3.59. The van der Waals surface area contributed by atoms with Gasteiger partial charge < -0.3 is 5.73 Å². The number of hydrogen-bond donors (Lipinski definition) is 3. The number of benzene rings is 2. The fourth-order valence-electron chi connectivity index (χ4n) is 2.82. The number of nitrogens with one attached hydrogen (secondary N) is 2. The van der Waals surface area contributed by atoms with Gasteiger partial charge in [-0.15, -0.1) is 0 Å². The zero-order valence-electron chi connectivity index (χ0n) is 14.7. The second-order valence-corrected chi connectivity index (χ2v) is 8.25. The number of H-pyrrole nitrogens is 1. The van der Waals surface area contributed by atoms with E-state index in [1.165, 1.54) is 18.2 Å². The van der Waals surface area contributed by atoms with Crippen LogP contribution in [0.3, 0.4) is 0 Å². The summed E-state index contributed by atoms with van der Waals surface area (Å²) in [5.41, 5.74) is 8.30. The number of nitrogens with zero attached hydrogens (tertiary/aromatic N) is 3. The number of pyridine rings is 1. The number of sulfonamides is 1. The standard InChI is InChI=1S/C19H13ClN6O2S/c20-13-4-1-12(9-21)18(7-13)29(27,28)26-14-5-2-11(3-6-14)16-8-17-15(10-23-16)19(22)25-24-17/h1-8,10,26H,(H3,22,24,25). The fraction of sp³-hybridized carbons (Fsp3) is 0. The van der Waals surface area contributed by atoms with E-state index < -0.39 is 10.0 Å². The van der Waals surface area contributed by atoms with E-state index in [0.29, 0.717) is 17.2 Å². The minimum atomic E-state index is -3.98. The van der Waals surface area contributed by atoms with Gasteiger partial charge in [0, 0.05) is 22.5 Å². The highest BCUT2D eigenvalue weighted by Crippen LogP contribution is 2.26. The van der Waals surface area contributed by atoms with Crippen molar-refractivity contribution in [1.29, 1.82) is 5.26 Å². The molecule has 2 heterocycles. The number of aromatic amines is 1. The fourth-order valence-corrected chi connectivity index (χ4v) is 4.30. The highest BCUT2D eigenvalue weighted by Gasteiger charge is 2.19. The predicted molar refractivity (Wildman–Crippen MR) is 111 cm³/mol. The molecule has 0 saturated heterocycles. The number of rotatable bonds is 4. The Morgan fingerprint density at radius 2 is 1.90 bits per heavy atom. The van der Waals surface area contributed by atoms with E-state index in [1.807, 2.05) is 12.1 Å². The third-order valence-corrected chi connectivity index (χ3v) is 5.92. The van der Waals surface area contributed by atoms with Gasteiger partial charge in [-0.25, -0.2) is 8.42 Å². The molecule has 0 radical (unpaired) electrons. The van der Waals surface area contributed by atoms with Crippen molar-refractivity contribution in [2.24, 2.45) is 0 Å². The first-order valence-corrected chi connectivity index (χ1v) is 10.2. The summed E-state index contributed by atoms with van der Waals surface area (Å²) >= 11 is 5.89. The second kappa shape index (κ2) is 7.09. The van der Waals surface area contributed by atoms with E-state index in [4.69, 9.17) is 17.3 Å².